The quantitative estimate of drug-likeness (QED) is 0.375. The summed E-state index contributed by atoms with van der Waals surface area (Å²) in [5, 5.41) is 8.47. The van der Waals surface area contributed by atoms with Crippen LogP contribution in [0.25, 0.3) is 0 Å². The predicted octanol–water partition coefficient (Wildman–Crippen LogP) is -1.42. The van der Waals surface area contributed by atoms with Crippen LogP contribution in [0.15, 0.2) is 4.99 Å². The highest BCUT2D eigenvalue weighted by Crippen LogP contribution is 1.97. The molecule has 1 atom stereocenters. The van der Waals surface area contributed by atoms with Gasteiger partial charge in [-0.05, 0) is 13.3 Å². The second kappa shape index (κ2) is 6.44. The van der Waals surface area contributed by atoms with Crippen molar-refractivity contribution in [3.8, 4) is 0 Å². The lowest BCUT2D eigenvalue weighted by Gasteiger charge is -2.06. The van der Waals surface area contributed by atoms with Crippen LogP contribution in [0.3, 0.4) is 0 Å². The van der Waals surface area contributed by atoms with Gasteiger partial charge < -0.3 is 16.6 Å². The number of carboxylic acids is 1. The molecule has 0 radical (unpaired) electrons. The standard InChI is InChI=1S/C8H17N3O4S/c1-6(9)11-3-5-16(14,15)4-2-7(10)8(12)13/h7H,2-5,10H2,1H3,(H2,9,11)(H,12,13)/t7-/m0/s1. The van der Waals surface area contributed by atoms with E-state index in [0.29, 0.717) is 5.84 Å². The Morgan fingerprint density at radius 2 is 2.00 bits per heavy atom. The smallest absolute Gasteiger partial charge is 0.320 e. The molecule has 5 N–H and O–H groups in total. The lowest BCUT2D eigenvalue weighted by atomic mass is 10.2. The number of carboxylic acid groups (broad SMARTS) is 1. The largest absolute Gasteiger partial charge is 0.480 e. The Bertz CT molecular complexity index is 359. The van der Waals surface area contributed by atoms with E-state index in [1.807, 2.05) is 0 Å². The number of hydrogen-bond acceptors (Lipinski definition) is 5. The normalized spacial score (nSPS) is 14.8. The zero-order chi connectivity index (χ0) is 12.8. The fourth-order valence-electron chi connectivity index (χ4n) is 0.893. The van der Waals surface area contributed by atoms with E-state index < -0.39 is 21.8 Å². The molecule has 0 rings (SSSR count). The predicted molar refractivity (Wildman–Crippen MR) is 61.0 cm³/mol. The molecule has 0 aliphatic carbocycles. The molecule has 0 heterocycles. The maximum absolute atomic E-state index is 11.4. The number of carbonyl (C=O) groups is 1. The van der Waals surface area contributed by atoms with Crippen molar-refractivity contribution >= 4 is 21.6 Å². The molecule has 0 amide bonds. The highest BCUT2D eigenvalue weighted by Gasteiger charge is 2.17. The third-order valence-corrected chi connectivity index (χ3v) is 3.48. The van der Waals surface area contributed by atoms with Crippen LogP contribution in [-0.4, -0.2) is 49.4 Å². The lowest BCUT2D eigenvalue weighted by Crippen LogP contribution is -2.32. The van der Waals surface area contributed by atoms with Crippen LogP contribution in [0.1, 0.15) is 13.3 Å². The van der Waals surface area contributed by atoms with Crippen LogP contribution < -0.4 is 11.5 Å². The molecule has 7 nitrogen and oxygen atoms in total. The second-order valence-corrected chi connectivity index (χ2v) is 5.71. The fourth-order valence-corrected chi connectivity index (χ4v) is 2.08. The molecule has 0 aliphatic heterocycles. The number of rotatable bonds is 7. The van der Waals surface area contributed by atoms with E-state index >= 15 is 0 Å². The third kappa shape index (κ3) is 7.18. The summed E-state index contributed by atoms with van der Waals surface area (Å²) < 4.78 is 22.8. The number of aliphatic imine (C=N–C) groups is 1. The SMILES string of the molecule is CC(N)=NCCS(=O)(=O)CC[C@H](N)C(=O)O. The van der Waals surface area contributed by atoms with Crippen LogP contribution in [0.4, 0.5) is 0 Å². The number of aliphatic carboxylic acids is 1. The molecule has 0 bridgehead atoms. The van der Waals surface area contributed by atoms with Crippen molar-refractivity contribution in [3.05, 3.63) is 0 Å². The van der Waals surface area contributed by atoms with Crippen LogP contribution in [-0.2, 0) is 14.6 Å². The summed E-state index contributed by atoms with van der Waals surface area (Å²) in [4.78, 5) is 14.1. The Morgan fingerprint density at radius 1 is 1.44 bits per heavy atom. The summed E-state index contributed by atoms with van der Waals surface area (Å²) in [6.07, 6.45) is -0.0943. The molecule has 0 unspecified atom stereocenters. The van der Waals surface area contributed by atoms with E-state index in [-0.39, 0.29) is 24.5 Å². The lowest BCUT2D eigenvalue weighted by molar-refractivity contribution is -0.138. The molecule has 8 heteroatoms. The van der Waals surface area contributed by atoms with Crippen molar-refractivity contribution in [1.29, 1.82) is 0 Å². The molecule has 16 heavy (non-hydrogen) atoms. The van der Waals surface area contributed by atoms with E-state index in [0.717, 1.165) is 0 Å². The Labute approximate surface area is 94.5 Å². The number of amidine groups is 1. The highest BCUT2D eigenvalue weighted by atomic mass is 32.2. The summed E-state index contributed by atoms with van der Waals surface area (Å²) >= 11 is 0. The van der Waals surface area contributed by atoms with Crippen molar-refractivity contribution in [2.75, 3.05) is 18.1 Å². The van der Waals surface area contributed by atoms with Crippen molar-refractivity contribution in [1.82, 2.24) is 0 Å². The van der Waals surface area contributed by atoms with Crippen molar-refractivity contribution in [3.63, 3.8) is 0 Å². The minimum absolute atomic E-state index is 0.0903. The van der Waals surface area contributed by atoms with Gasteiger partial charge in [-0.2, -0.15) is 0 Å². The van der Waals surface area contributed by atoms with Crippen LogP contribution in [0.5, 0.6) is 0 Å². The minimum Gasteiger partial charge on any atom is -0.480 e. The molecule has 0 aliphatic rings. The average molecular weight is 251 g/mol. The van der Waals surface area contributed by atoms with Gasteiger partial charge in [0.1, 0.15) is 6.04 Å². The van der Waals surface area contributed by atoms with Gasteiger partial charge in [-0.25, -0.2) is 8.42 Å². The Morgan fingerprint density at radius 3 is 2.44 bits per heavy atom. The molecular formula is C8H17N3O4S. The van der Waals surface area contributed by atoms with Gasteiger partial charge in [-0.15, -0.1) is 0 Å². The summed E-state index contributed by atoms with van der Waals surface area (Å²) in [6.45, 7) is 1.65. The van der Waals surface area contributed by atoms with Gasteiger partial charge in [0.05, 0.1) is 23.9 Å². The van der Waals surface area contributed by atoms with Crippen molar-refractivity contribution in [2.24, 2.45) is 16.5 Å². The molecular weight excluding hydrogens is 234 g/mol. The molecule has 0 spiro atoms. The van der Waals surface area contributed by atoms with Gasteiger partial charge in [0.15, 0.2) is 9.84 Å². The van der Waals surface area contributed by atoms with Crippen LogP contribution >= 0.6 is 0 Å². The van der Waals surface area contributed by atoms with E-state index in [1.54, 1.807) is 6.92 Å². The fraction of sp³-hybridized carbons (Fsp3) is 0.750. The first-order valence-corrected chi connectivity index (χ1v) is 6.52. The first kappa shape index (κ1) is 14.8. The maximum atomic E-state index is 11.4. The van der Waals surface area contributed by atoms with Gasteiger partial charge in [0, 0.05) is 0 Å². The van der Waals surface area contributed by atoms with Crippen molar-refractivity contribution in [2.45, 2.75) is 19.4 Å². The first-order valence-electron chi connectivity index (χ1n) is 4.70. The number of sulfone groups is 1. The highest BCUT2D eigenvalue weighted by molar-refractivity contribution is 7.91. The topological polar surface area (TPSA) is 136 Å². The number of hydrogen-bond donors (Lipinski definition) is 3. The Kier molecular flexibility index (Phi) is 5.97. The monoisotopic (exact) mass is 251 g/mol. The second-order valence-electron chi connectivity index (χ2n) is 3.41. The van der Waals surface area contributed by atoms with Gasteiger partial charge in [-0.3, -0.25) is 9.79 Å². The van der Waals surface area contributed by atoms with Gasteiger partial charge in [0.2, 0.25) is 0 Å². The third-order valence-electron chi connectivity index (χ3n) is 1.82. The average Bonchev–Trinajstić information content (AvgIpc) is 2.13. The van der Waals surface area contributed by atoms with Crippen LogP contribution in [0.2, 0.25) is 0 Å². The van der Waals surface area contributed by atoms with Crippen LogP contribution in [0, 0.1) is 0 Å². The summed E-state index contributed by atoms with van der Waals surface area (Å²) in [7, 11) is -3.31. The van der Waals surface area contributed by atoms with Crippen molar-refractivity contribution < 1.29 is 18.3 Å². The maximum Gasteiger partial charge on any atom is 0.320 e. The molecule has 0 aromatic heterocycles. The number of nitrogens with zero attached hydrogens (tertiary/aromatic N) is 1. The van der Waals surface area contributed by atoms with Gasteiger partial charge in [0.25, 0.3) is 0 Å². The number of nitrogens with two attached hydrogens (primary N) is 2. The van der Waals surface area contributed by atoms with Gasteiger partial charge in [-0.1, -0.05) is 0 Å². The first-order chi connectivity index (χ1) is 7.24. The molecule has 0 aromatic rings. The van der Waals surface area contributed by atoms with E-state index in [9.17, 15) is 13.2 Å². The Balaban J connectivity index is 4.07. The van der Waals surface area contributed by atoms with Gasteiger partial charge >= 0.3 is 5.97 Å². The molecule has 94 valence electrons. The molecule has 0 aromatic carbocycles. The van der Waals surface area contributed by atoms with E-state index in [2.05, 4.69) is 4.99 Å². The summed E-state index contributed by atoms with van der Waals surface area (Å²) in [6, 6.07) is -1.14. The zero-order valence-corrected chi connectivity index (χ0v) is 9.90. The van der Waals surface area contributed by atoms with E-state index in [4.69, 9.17) is 16.6 Å². The summed E-state index contributed by atoms with van der Waals surface area (Å²) in [5.74, 6) is -1.28. The van der Waals surface area contributed by atoms with E-state index in [1.165, 1.54) is 0 Å². The molecule has 0 saturated heterocycles. The summed E-state index contributed by atoms with van der Waals surface area (Å²) in [5.41, 5.74) is 10.4. The zero-order valence-electron chi connectivity index (χ0n) is 9.09. The molecule has 0 fully saturated rings. The molecule has 0 saturated carbocycles. The minimum atomic E-state index is -3.31. The Hall–Kier alpha value is -1.15.